The fraction of sp³-hybridized carbons (Fsp3) is 0. The Morgan fingerprint density at radius 2 is 2.12 bits per heavy atom. The van der Waals surface area contributed by atoms with Gasteiger partial charge in [0.25, 0.3) is 0 Å². The number of rotatable bonds is 0. The molecule has 0 aliphatic rings. The van der Waals surface area contributed by atoms with E-state index in [2.05, 4.69) is 4.98 Å². The number of nitrogens with zero attached hydrogens (tertiary/aromatic N) is 1. The summed E-state index contributed by atoms with van der Waals surface area (Å²) in [5.41, 5.74) is 0.931. The van der Waals surface area contributed by atoms with E-state index in [1.54, 1.807) is 18.3 Å². The van der Waals surface area contributed by atoms with Crippen molar-refractivity contribution in [3.8, 4) is 0 Å². The summed E-state index contributed by atoms with van der Waals surface area (Å²) in [6.07, 6.45) is 1.60. The monoisotopic (exact) mass is 103 g/mol. The topological polar surface area (TPSA) is 12.9 Å². The summed E-state index contributed by atoms with van der Waals surface area (Å²) in [5, 5.41) is 0. The number of hydrogen-bond donors (Lipinski definition) is 0. The van der Waals surface area contributed by atoms with E-state index < -0.39 is 0 Å². The van der Waals surface area contributed by atoms with Crippen LogP contribution in [0.15, 0.2) is 18.3 Å². The van der Waals surface area contributed by atoms with E-state index in [0.717, 1.165) is 0 Å². The third kappa shape index (κ3) is 0.861. The molecule has 1 nitrogen and oxygen atoms in total. The van der Waals surface area contributed by atoms with E-state index in [4.69, 9.17) is 13.8 Å². The number of aromatic nitrogens is 1. The SMILES string of the molecule is [CH]c1cccnc1[CH]. The van der Waals surface area contributed by atoms with Crippen molar-refractivity contribution in [2.45, 2.75) is 0 Å². The fourth-order valence-corrected chi connectivity index (χ4v) is 0.430. The molecule has 0 unspecified atom stereocenters. The molecule has 1 aromatic heterocycles. The van der Waals surface area contributed by atoms with Crippen molar-refractivity contribution in [2.24, 2.45) is 0 Å². The van der Waals surface area contributed by atoms with Gasteiger partial charge in [0.05, 0.1) is 0 Å². The molecule has 0 saturated heterocycles. The van der Waals surface area contributed by atoms with Crippen molar-refractivity contribution in [3.63, 3.8) is 0 Å². The Kier molecular flexibility index (Phi) is 1.29. The summed E-state index contributed by atoms with van der Waals surface area (Å²) < 4.78 is 0. The average molecular weight is 103 g/mol. The number of pyridine rings is 1. The molecule has 1 rings (SSSR count). The van der Waals surface area contributed by atoms with Crippen LogP contribution in [0.5, 0.6) is 0 Å². The maximum absolute atomic E-state index is 5.33. The lowest BCUT2D eigenvalue weighted by Crippen LogP contribution is -1.81. The first-order chi connectivity index (χ1) is 3.80. The highest BCUT2D eigenvalue weighted by Crippen LogP contribution is 1.98. The van der Waals surface area contributed by atoms with Gasteiger partial charge in [-0.15, -0.1) is 0 Å². The van der Waals surface area contributed by atoms with Crippen molar-refractivity contribution >= 4 is 0 Å². The van der Waals surface area contributed by atoms with Gasteiger partial charge in [-0.1, -0.05) is 6.07 Å². The molecule has 1 heteroatoms. The third-order valence-corrected chi connectivity index (χ3v) is 0.871. The predicted octanol–water partition coefficient (Wildman–Crippen LogP) is 1.20. The summed E-state index contributed by atoms with van der Waals surface area (Å²) in [4.78, 5) is 3.73. The van der Waals surface area contributed by atoms with Crippen molar-refractivity contribution < 1.29 is 0 Å². The van der Waals surface area contributed by atoms with E-state index in [0.29, 0.717) is 11.3 Å². The van der Waals surface area contributed by atoms with Gasteiger partial charge < -0.3 is 0 Å². The van der Waals surface area contributed by atoms with Gasteiger partial charge in [0.1, 0.15) is 0 Å². The Balaban J connectivity index is 3.13. The first-order valence-electron chi connectivity index (χ1n) is 2.26. The maximum atomic E-state index is 5.33. The molecular formula is C7H5N. The van der Waals surface area contributed by atoms with Crippen LogP contribution in [-0.2, 0) is 0 Å². The first-order valence-corrected chi connectivity index (χ1v) is 2.26. The Morgan fingerprint density at radius 1 is 1.38 bits per heavy atom. The van der Waals surface area contributed by atoms with E-state index in [9.17, 15) is 0 Å². The Hall–Kier alpha value is -0.850. The van der Waals surface area contributed by atoms with Crippen LogP contribution in [0.25, 0.3) is 0 Å². The molecule has 38 valence electrons. The highest BCUT2D eigenvalue weighted by atomic mass is 14.6. The average Bonchev–Trinajstić information content (AvgIpc) is 1.77. The second kappa shape index (κ2) is 1.95. The zero-order chi connectivity index (χ0) is 5.98. The van der Waals surface area contributed by atoms with Gasteiger partial charge in [0, 0.05) is 25.7 Å². The molecule has 0 aliphatic carbocycles. The quantitative estimate of drug-likeness (QED) is 0.480. The van der Waals surface area contributed by atoms with Gasteiger partial charge in [-0.05, 0) is 11.6 Å². The molecule has 0 atom stereocenters. The largest absolute Gasteiger partial charge is 0.261 e. The van der Waals surface area contributed by atoms with Crippen LogP contribution >= 0.6 is 0 Å². The van der Waals surface area contributed by atoms with E-state index in [1.807, 2.05) is 0 Å². The Bertz CT molecular complexity index is 160. The van der Waals surface area contributed by atoms with E-state index in [-0.39, 0.29) is 0 Å². The zero-order valence-electron chi connectivity index (χ0n) is 4.33. The minimum atomic E-state index is 0.396. The van der Waals surface area contributed by atoms with Crippen LogP contribution in [0.3, 0.4) is 0 Å². The first kappa shape index (κ1) is 5.29. The molecule has 0 spiro atoms. The minimum Gasteiger partial charge on any atom is -0.261 e. The van der Waals surface area contributed by atoms with Crippen LogP contribution in [-0.4, -0.2) is 4.98 Å². The van der Waals surface area contributed by atoms with Crippen molar-refractivity contribution in [2.75, 3.05) is 0 Å². The lowest BCUT2D eigenvalue weighted by molar-refractivity contribution is 1.24. The zero-order valence-corrected chi connectivity index (χ0v) is 4.33. The molecule has 0 N–H and O–H groups in total. The molecule has 8 heavy (non-hydrogen) atoms. The Labute approximate surface area is 49.4 Å². The Morgan fingerprint density at radius 3 is 2.50 bits per heavy atom. The molecule has 0 fully saturated rings. The standard InChI is InChI=1S/C7H5N/c1-6-4-3-5-8-7(6)2/h1-5H. The summed E-state index contributed by atoms with van der Waals surface area (Å²) in [6, 6.07) is 3.45. The van der Waals surface area contributed by atoms with E-state index >= 15 is 0 Å². The molecule has 0 bridgehead atoms. The van der Waals surface area contributed by atoms with E-state index in [1.165, 1.54) is 0 Å². The fourth-order valence-electron chi connectivity index (χ4n) is 0.430. The minimum absolute atomic E-state index is 0.396. The molecule has 0 aromatic carbocycles. The second-order valence-electron chi connectivity index (χ2n) is 1.48. The molecular weight excluding hydrogens is 98.1 g/mol. The highest BCUT2D eigenvalue weighted by molar-refractivity contribution is 5.24. The maximum Gasteiger partial charge on any atom is 0.0483 e. The normalized spacial score (nSPS) is 9.25. The van der Waals surface area contributed by atoms with Gasteiger partial charge in [0.15, 0.2) is 0 Å². The summed E-state index contributed by atoms with van der Waals surface area (Å²) in [6.45, 7) is 10.6. The van der Waals surface area contributed by atoms with Gasteiger partial charge in [-0.2, -0.15) is 0 Å². The summed E-state index contributed by atoms with van der Waals surface area (Å²) in [7, 11) is 0. The smallest absolute Gasteiger partial charge is 0.0483 e. The van der Waals surface area contributed by atoms with Crippen molar-refractivity contribution in [3.05, 3.63) is 43.4 Å². The van der Waals surface area contributed by atoms with Gasteiger partial charge >= 0.3 is 0 Å². The lowest BCUT2D eigenvalue weighted by Gasteiger charge is -1.91. The number of hydrogen-bond acceptors (Lipinski definition) is 1. The second-order valence-corrected chi connectivity index (χ2v) is 1.48. The molecule has 1 aromatic rings. The molecule has 0 aliphatic heterocycles. The van der Waals surface area contributed by atoms with Crippen LogP contribution in [0.1, 0.15) is 11.3 Å². The summed E-state index contributed by atoms with van der Waals surface area (Å²) >= 11 is 0. The van der Waals surface area contributed by atoms with Crippen LogP contribution in [0.2, 0.25) is 0 Å². The molecule has 0 amide bonds. The van der Waals surface area contributed by atoms with Crippen LogP contribution in [0, 0.1) is 13.8 Å². The molecule has 4 radical (unpaired) electrons. The lowest BCUT2D eigenvalue weighted by atomic mass is 10.2. The van der Waals surface area contributed by atoms with Gasteiger partial charge in [-0.25, -0.2) is 0 Å². The van der Waals surface area contributed by atoms with Crippen LogP contribution in [0.4, 0.5) is 0 Å². The summed E-state index contributed by atoms with van der Waals surface area (Å²) in [5.74, 6) is 0. The van der Waals surface area contributed by atoms with Crippen molar-refractivity contribution in [1.29, 1.82) is 0 Å². The molecule has 1 heterocycles. The predicted molar refractivity (Wildman–Crippen MR) is 31.0 cm³/mol. The van der Waals surface area contributed by atoms with Crippen molar-refractivity contribution in [1.82, 2.24) is 4.98 Å². The van der Waals surface area contributed by atoms with Crippen LogP contribution < -0.4 is 0 Å². The third-order valence-electron chi connectivity index (χ3n) is 0.871. The molecule has 0 saturated carbocycles. The highest BCUT2D eigenvalue weighted by Gasteiger charge is 1.86. The van der Waals surface area contributed by atoms with Gasteiger partial charge in [-0.3, -0.25) is 4.98 Å². The van der Waals surface area contributed by atoms with Gasteiger partial charge in [0.2, 0.25) is 0 Å².